The maximum Gasteiger partial charge on any atom is 0.475 e. The van der Waals surface area contributed by atoms with Crippen LogP contribution in [-0.2, 0) is 16.0 Å². The molecule has 26 heavy (non-hydrogen) atoms. The Morgan fingerprint density at radius 2 is 1.50 bits per heavy atom. The van der Waals surface area contributed by atoms with Gasteiger partial charge >= 0.3 is 7.12 Å². The minimum Gasteiger partial charge on any atom is -0.426 e. The van der Waals surface area contributed by atoms with E-state index in [0.29, 0.717) is 5.69 Å². The highest BCUT2D eigenvalue weighted by Gasteiger charge is 2.39. The third-order valence-electron chi connectivity index (χ3n) is 4.14. The molecule has 0 spiro atoms. The summed E-state index contributed by atoms with van der Waals surface area (Å²) in [6.07, 6.45) is 0.237. The van der Waals surface area contributed by atoms with Crippen LogP contribution in [0, 0.1) is 5.41 Å². The lowest BCUT2D eigenvalue weighted by Gasteiger charge is -2.26. The molecule has 0 aliphatic rings. The molecule has 6 nitrogen and oxygen atoms in total. The van der Waals surface area contributed by atoms with Crippen LogP contribution in [0.3, 0.4) is 0 Å². The Labute approximate surface area is 153 Å². The lowest BCUT2D eigenvalue weighted by atomic mass is 9.75. The van der Waals surface area contributed by atoms with Crippen molar-refractivity contribution in [2.45, 2.75) is 26.2 Å². The summed E-state index contributed by atoms with van der Waals surface area (Å²) in [6, 6.07) is 18.0. The molecule has 2 rings (SSSR count). The molecular weight excluding hydrogens is 331 g/mol. The minimum atomic E-state index is -1.74. The molecule has 0 saturated carbocycles. The average molecular weight is 354 g/mol. The number of rotatable bonds is 7. The molecule has 1 unspecified atom stereocenters. The highest BCUT2D eigenvalue weighted by atomic mass is 16.4. The van der Waals surface area contributed by atoms with Gasteiger partial charge in [0.2, 0.25) is 11.8 Å². The fourth-order valence-electron chi connectivity index (χ4n) is 2.36. The molecule has 0 aliphatic heterocycles. The molecule has 0 saturated heterocycles. The van der Waals surface area contributed by atoms with Crippen molar-refractivity contribution in [1.29, 1.82) is 0 Å². The Morgan fingerprint density at radius 3 is 2.04 bits per heavy atom. The largest absolute Gasteiger partial charge is 0.475 e. The number of para-hydroxylation sites is 1. The van der Waals surface area contributed by atoms with Gasteiger partial charge in [-0.15, -0.1) is 0 Å². The van der Waals surface area contributed by atoms with Gasteiger partial charge in [-0.05, 0) is 38.0 Å². The van der Waals surface area contributed by atoms with Gasteiger partial charge in [-0.3, -0.25) is 9.59 Å². The topological polar surface area (TPSA) is 98.7 Å². The van der Waals surface area contributed by atoms with E-state index in [9.17, 15) is 19.6 Å². The van der Waals surface area contributed by atoms with Crippen LogP contribution < -0.4 is 10.6 Å². The Morgan fingerprint density at radius 1 is 0.962 bits per heavy atom. The van der Waals surface area contributed by atoms with Crippen molar-refractivity contribution in [3.05, 3.63) is 66.2 Å². The fraction of sp³-hybridized carbons (Fsp3) is 0.263. The second-order valence-electron chi connectivity index (χ2n) is 6.63. The van der Waals surface area contributed by atoms with Crippen LogP contribution in [0.1, 0.15) is 19.4 Å². The van der Waals surface area contributed by atoms with Crippen molar-refractivity contribution < 1.29 is 19.6 Å². The first-order chi connectivity index (χ1) is 12.3. The van der Waals surface area contributed by atoms with E-state index in [0.717, 1.165) is 5.56 Å². The van der Waals surface area contributed by atoms with Crippen LogP contribution in [0.4, 0.5) is 5.69 Å². The first-order valence-corrected chi connectivity index (χ1v) is 8.38. The van der Waals surface area contributed by atoms with Gasteiger partial charge in [-0.1, -0.05) is 48.5 Å². The molecule has 0 radical (unpaired) electrons. The molecule has 7 heteroatoms. The van der Waals surface area contributed by atoms with Crippen LogP contribution in [0.5, 0.6) is 0 Å². The minimum absolute atomic E-state index is 0.237. The highest BCUT2D eigenvalue weighted by Crippen LogP contribution is 2.20. The Kier molecular flexibility index (Phi) is 6.55. The van der Waals surface area contributed by atoms with Gasteiger partial charge < -0.3 is 20.7 Å². The van der Waals surface area contributed by atoms with Gasteiger partial charge in [0.05, 0.1) is 5.94 Å². The third kappa shape index (κ3) is 5.18. The Bertz CT molecular complexity index is 736. The predicted octanol–water partition coefficient (Wildman–Crippen LogP) is 1.39. The number of amides is 2. The van der Waals surface area contributed by atoms with Crippen LogP contribution in [0.15, 0.2) is 60.7 Å². The number of carbonyl (C=O) groups is 2. The number of hydrogen-bond acceptors (Lipinski definition) is 4. The summed E-state index contributed by atoms with van der Waals surface area (Å²) < 4.78 is 0. The molecule has 136 valence electrons. The van der Waals surface area contributed by atoms with Gasteiger partial charge in [0.1, 0.15) is 5.41 Å². The lowest BCUT2D eigenvalue weighted by Crippen LogP contribution is -2.54. The number of carbonyl (C=O) groups excluding carboxylic acids is 2. The SMILES string of the molecule is CC(C)(C(=O)Nc1ccccc1)C(=O)NC(Cc1ccccc1)B(O)O. The van der Waals surface area contributed by atoms with Crippen LogP contribution >= 0.6 is 0 Å². The molecular formula is C19H23BN2O4. The summed E-state index contributed by atoms with van der Waals surface area (Å²) in [5.74, 6) is -1.99. The number of benzene rings is 2. The van der Waals surface area contributed by atoms with Gasteiger partial charge in [0.25, 0.3) is 0 Å². The van der Waals surface area contributed by atoms with E-state index in [1.54, 1.807) is 24.3 Å². The van der Waals surface area contributed by atoms with E-state index in [2.05, 4.69) is 10.6 Å². The van der Waals surface area contributed by atoms with Crippen LogP contribution in [-0.4, -0.2) is 34.9 Å². The standard InChI is InChI=1S/C19H23BN2O4/c1-19(2,17(23)21-15-11-7-4-8-12-15)18(24)22-16(20(25)26)13-14-9-5-3-6-10-14/h3-12,16,25-26H,13H2,1-2H3,(H,21,23)(H,22,24). The molecule has 2 amide bonds. The van der Waals surface area contributed by atoms with Crippen molar-refractivity contribution in [3.8, 4) is 0 Å². The summed E-state index contributed by atoms with van der Waals surface area (Å²) in [4.78, 5) is 25.1. The van der Waals surface area contributed by atoms with Gasteiger partial charge in [-0.25, -0.2) is 0 Å². The first-order valence-electron chi connectivity index (χ1n) is 8.38. The van der Waals surface area contributed by atoms with Crippen molar-refractivity contribution in [3.63, 3.8) is 0 Å². The summed E-state index contributed by atoms with van der Waals surface area (Å²) in [6.45, 7) is 2.98. The summed E-state index contributed by atoms with van der Waals surface area (Å²) in [5.41, 5.74) is 0.0403. The Hall–Kier alpha value is -2.64. The second kappa shape index (κ2) is 8.64. The highest BCUT2D eigenvalue weighted by molar-refractivity contribution is 6.43. The summed E-state index contributed by atoms with van der Waals surface area (Å²) >= 11 is 0. The van der Waals surface area contributed by atoms with E-state index < -0.39 is 30.3 Å². The lowest BCUT2D eigenvalue weighted by molar-refractivity contribution is -0.138. The second-order valence-corrected chi connectivity index (χ2v) is 6.63. The molecule has 2 aromatic carbocycles. The van der Waals surface area contributed by atoms with Crippen molar-refractivity contribution in [1.82, 2.24) is 5.32 Å². The third-order valence-corrected chi connectivity index (χ3v) is 4.14. The van der Waals surface area contributed by atoms with Crippen molar-refractivity contribution in [2.24, 2.45) is 5.41 Å². The van der Waals surface area contributed by atoms with E-state index in [1.807, 2.05) is 36.4 Å². The molecule has 4 N–H and O–H groups in total. The monoisotopic (exact) mass is 354 g/mol. The van der Waals surface area contributed by atoms with Crippen LogP contribution in [0.25, 0.3) is 0 Å². The molecule has 0 heterocycles. The molecule has 2 aromatic rings. The molecule has 0 fully saturated rings. The van der Waals surface area contributed by atoms with Gasteiger partial charge in [0.15, 0.2) is 0 Å². The van der Waals surface area contributed by atoms with E-state index >= 15 is 0 Å². The molecule has 0 aliphatic carbocycles. The predicted molar refractivity (Wildman–Crippen MR) is 101 cm³/mol. The fourth-order valence-corrected chi connectivity index (χ4v) is 2.36. The number of hydrogen-bond donors (Lipinski definition) is 4. The number of nitrogens with one attached hydrogen (secondary N) is 2. The molecule has 0 bridgehead atoms. The Balaban J connectivity index is 2.05. The van der Waals surface area contributed by atoms with Crippen LogP contribution in [0.2, 0.25) is 0 Å². The van der Waals surface area contributed by atoms with E-state index in [4.69, 9.17) is 0 Å². The zero-order chi connectivity index (χ0) is 19.2. The zero-order valence-corrected chi connectivity index (χ0v) is 14.8. The quantitative estimate of drug-likeness (QED) is 0.446. The average Bonchev–Trinajstić information content (AvgIpc) is 2.62. The van der Waals surface area contributed by atoms with E-state index in [-0.39, 0.29) is 6.42 Å². The summed E-state index contributed by atoms with van der Waals surface area (Å²) in [7, 11) is -1.74. The molecule has 0 aromatic heterocycles. The maximum atomic E-state index is 12.6. The van der Waals surface area contributed by atoms with Gasteiger partial charge in [-0.2, -0.15) is 0 Å². The molecule has 1 atom stereocenters. The van der Waals surface area contributed by atoms with Crippen molar-refractivity contribution >= 4 is 24.6 Å². The number of anilines is 1. The summed E-state index contributed by atoms with van der Waals surface area (Å²) in [5, 5.41) is 24.5. The van der Waals surface area contributed by atoms with Gasteiger partial charge in [0, 0.05) is 5.69 Å². The maximum absolute atomic E-state index is 12.6. The zero-order valence-electron chi connectivity index (χ0n) is 14.8. The smallest absolute Gasteiger partial charge is 0.426 e. The van der Waals surface area contributed by atoms with E-state index in [1.165, 1.54) is 13.8 Å². The van der Waals surface area contributed by atoms with Crippen molar-refractivity contribution in [2.75, 3.05) is 5.32 Å². The normalized spacial score (nSPS) is 12.2. The first kappa shape index (κ1) is 19.7.